The van der Waals surface area contributed by atoms with Crippen LogP contribution in [-0.4, -0.2) is 0 Å². The summed E-state index contributed by atoms with van der Waals surface area (Å²) in [4.78, 5) is 0. The molecule has 0 aromatic heterocycles. The highest BCUT2D eigenvalue weighted by molar-refractivity contribution is 9.10. The molecular formula is C15H12BrFN2. The lowest BCUT2D eigenvalue weighted by Crippen LogP contribution is -2.02. The number of hydrogen-bond acceptors (Lipinski definition) is 2. The zero-order valence-corrected chi connectivity index (χ0v) is 12.0. The molecule has 1 N–H and O–H groups in total. The second kappa shape index (κ2) is 5.85. The van der Waals surface area contributed by atoms with Gasteiger partial charge in [-0.25, -0.2) is 4.39 Å². The minimum absolute atomic E-state index is 0.321. The number of nitrogens with one attached hydrogen (secondary N) is 1. The number of benzene rings is 2. The molecule has 0 unspecified atom stereocenters. The van der Waals surface area contributed by atoms with Gasteiger partial charge in [-0.15, -0.1) is 0 Å². The zero-order valence-electron chi connectivity index (χ0n) is 10.4. The van der Waals surface area contributed by atoms with Crippen molar-refractivity contribution in [3.8, 4) is 6.07 Å². The number of anilines is 1. The Morgan fingerprint density at radius 2 is 1.95 bits per heavy atom. The molecule has 0 saturated heterocycles. The molecule has 0 amide bonds. The van der Waals surface area contributed by atoms with E-state index in [1.165, 1.54) is 6.07 Å². The van der Waals surface area contributed by atoms with Crippen molar-refractivity contribution in [2.45, 2.75) is 13.5 Å². The smallest absolute Gasteiger partial charge is 0.129 e. The lowest BCUT2D eigenvalue weighted by atomic mass is 10.1. The Balaban J connectivity index is 2.17. The lowest BCUT2D eigenvalue weighted by Gasteiger charge is -2.11. The summed E-state index contributed by atoms with van der Waals surface area (Å²) in [5.74, 6) is -0.364. The molecule has 0 radical (unpaired) electrons. The first kappa shape index (κ1) is 13.6. The lowest BCUT2D eigenvalue weighted by molar-refractivity contribution is 0.618. The summed E-state index contributed by atoms with van der Waals surface area (Å²) >= 11 is 3.38. The van der Waals surface area contributed by atoms with E-state index in [0.717, 1.165) is 10.0 Å². The zero-order chi connectivity index (χ0) is 13.8. The van der Waals surface area contributed by atoms with Gasteiger partial charge < -0.3 is 5.32 Å². The molecule has 0 saturated carbocycles. The molecule has 0 atom stereocenters. The number of nitrogens with zero attached hydrogens (tertiary/aromatic N) is 1. The van der Waals surface area contributed by atoms with Crippen LogP contribution in [0.25, 0.3) is 0 Å². The Morgan fingerprint density at radius 1 is 1.26 bits per heavy atom. The summed E-state index contributed by atoms with van der Waals surface area (Å²) in [5, 5.41) is 12.0. The second-order valence-electron chi connectivity index (χ2n) is 4.22. The molecule has 2 aromatic carbocycles. The van der Waals surface area contributed by atoms with Gasteiger partial charge in [-0.2, -0.15) is 5.26 Å². The predicted molar refractivity (Wildman–Crippen MR) is 77.3 cm³/mol. The molecule has 0 heterocycles. The van der Waals surface area contributed by atoms with Gasteiger partial charge in [0.05, 0.1) is 11.6 Å². The van der Waals surface area contributed by atoms with Crippen molar-refractivity contribution in [1.29, 1.82) is 5.26 Å². The third-order valence-electron chi connectivity index (χ3n) is 2.87. The number of hydrogen-bond donors (Lipinski definition) is 1. The van der Waals surface area contributed by atoms with E-state index < -0.39 is 0 Å². The van der Waals surface area contributed by atoms with E-state index in [2.05, 4.69) is 21.2 Å². The van der Waals surface area contributed by atoms with E-state index in [4.69, 9.17) is 5.26 Å². The van der Waals surface area contributed by atoms with Crippen molar-refractivity contribution in [3.05, 3.63) is 63.4 Å². The van der Waals surface area contributed by atoms with Crippen LogP contribution in [0.3, 0.4) is 0 Å². The van der Waals surface area contributed by atoms with Gasteiger partial charge in [-0.1, -0.05) is 28.1 Å². The van der Waals surface area contributed by atoms with Crippen LogP contribution in [0, 0.1) is 24.1 Å². The van der Waals surface area contributed by atoms with Gasteiger partial charge in [0.25, 0.3) is 0 Å². The molecule has 19 heavy (non-hydrogen) atoms. The van der Waals surface area contributed by atoms with Crippen LogP contribution >= 0.6 is 15.9 Å². The minimum Gasteiger partial charge on any atom is -0.381 e. The molecule has 0 aliphatic carbocycles. The van der Waals surface area contributed by atoms with E-state index in [1.54, 1.807) is 13.0 Å². The van der Waals surface area contributed by atoms with Crippen LogP contribution in [0.2, 0.25) is 0 Å². The van der Waals surface area contributed by atoms with Crippen molar-refractivity contribution >= 4 is 21.6 Å². The van der Waals surface area contributed by atoms with E-state index in [1.807, 2.05) is 30.3 Å². The molecule has 2 aromatic rings. The van der Waals surface area contributed by atoms with Crippen LogP contribution in [0.5, 0.6) is 0 Å². The number of rotatable bonds is 3. The maximum Gasteiger partial charge on any atom is 0.129 e. The van der Waals surface area contributed by atoms with E-state index in [0.29, 0.717) is 23.4 Å². The fourth-order valence-corrected chi connectivity index (χ4v) is 1.99. The fraction of sp³-hybridized carbons (Fsp3) is 0.133. The van der Waals surface area contributed by atoms with E-state index in [-0.39, 0.29) is 5.82 Å². The highest BCUT2D eigenvalue weighted by Gasteiger charge is 2.06. The van der Waals surface area contributed by atoms with Gasteiger partial charge in [0, 0.05) is 22.3 Å². The average Bonchev–Trinajstić information content (AvgIpc) is 2.42. The molecule has 0 aliphatic rings. The highest BCUT2D eigenvalue weighted by atomic mass is 79.9. The molecule has 4 heteroatoms. The van der Waals surface area contributed by atoms with Crippen LogP contribution in [-0.2, 0) is 6.54 Å². The van der Waals surface area contributed by atoms with Crippen LogP contribution in [0.4, 0.5) is 10.1 Å². The van der Waals surface area contributed by atoms with Gasteiger partial charge >= 0.3 is 0 Å². The molecule has 2 rings (SSSR count). The van der Waals surface area contributed by atoms with E-state index in [9.17, 15) is 4.39 Å². The second-order valence-corrected chi connectivity index (χ2v) is 5.14. The van der Waals surface area contributed by atoms with Crippen molar-refractivity contribution in [2.24, 2.45) is 0 Å². The Labute approximate surface area is 120 Å². The molecule has 0 aliphatic heterocycles. The van der Waals surface area contributed by atoms with Crippen LogP contribution in [0.15, 0.2) is 40.9 Å². The first-order valence-electron chi connectivity index (χ1n) is 5.78. The summed E-state index contributed by atoms with van der Waals surface area (Å²) in [7, 11) is 0. The normalized spacial score (nSPS) is 10.0. The quantitative estimate of drug-likeness (QED) is 0.911. The topological polar surface area (TPSA) is 35.8 Å². The third kappa shape index (κ3) is 3.33. The van der Waals surface area contributed by atoms with Crippen LogP contribution < -0.4 is 5.32 Å². The fourth-order valence-electron chi connectivity index (χ4n) is 1.73. The SMILES string of the molecule is Cc1c(F)cc(C#N)cc1NCc1ccc(Br)cc1. The maximum atomic E-state index is 13.6. The molecule has 96 valence electrons. The van der Waals surface area contributed by atoms with E-state index >= 15 is 0 Å². The summed E-state index contributed by atoms with van der Waals surface area (Å²) in [5.41, 5.74) is 2.59. The summed E-state index contributed by atoms with van der Waals surface area (Å²) in [6, 6.07) is 12.7. The number of halogens is 2. The number of nitriles is 1. The Bertz CT molecular complexity index is 630. The molecule has 0 fully saturated rings. The molecule has 0 spiro atoms. The maximum absolute atomic E-state index is 13.6. The first-order valence-corrected chi connectivity index (χ1v) is 6.58. The Kier molecular flexibility index (Phi) is 4.18. The molecule has 0 bridgehead atoms. The van der Waals surface area contributed by atoms with Gasteiger partial charge in [0.15, 0.2) is 0 Å². The highest BCUT2D eigenvalue weighted by Crippen LogP contribution is 2.21. The van der Waals surface area contributed by atoms with Crippen LogP contribution in [0.1, 0.15) is 16.7 Å². The standard InChI is InChI=1S/C15H12BrFN2/c1-10-14(17)6-12(8-18)7-15(10)19-9-11-2-4-13(16)5-3-11/h2-7,19H,9H2,1H3. The first-order chi connectivity index (χ1) is 9.10. The van der Waals surface area contributed by atoms with Crippen molar-refractivity contribution in [3.63, 3.8) is 0 Å². The largest absolute Gasteiger partial charge is 0.381 e. The van der Waals surface area contributed by atoms with Gasteiger partial charge in [0.2, 0.25) is 0 Å². The van der Waals surface area contributed by atoms with Crippen molar-refractivity contribution < 1.29 is 4.39 Å². The molecule has 2 nitrogen and oxygen atoms in total. The Hall–Kier alpha value is -1.86. The average molecular weight is 319 g/mol. The third-order valence-corrected chi connectivity index (χ3v) is 3.40. The van der Waals surface area contributed by atoms with Gasteiger partial charge in [-0.05, 0) is 36.8 Å². The Morgan fingerprint density at radius 3 is 2.58 bits per heavy atom. The molecular weight excluding hydrogens is 307 g/mol. The summed E-state index contributed by atoms with van der Waals surface area (Å²) < 4.78 is 14.6. The van der Waals surface area contributed by atoms with Crippen molar-refractivity contribution in [1.82, 2.24) is 0 Å². The van der Waals surface area contributed by atoms with Gasteiger partial charge in [0.1, 0.15) is 5.82 Å². The van der Waals surface area contributed by atoms with Gasteiger partial charge in [-0.3, -0.25) is 0 Å². The minimum atomic E-state index is -0.364. The summed E-state index contributed by atoms with van der Waals surface area (Å²) in [6.45, 7) is 2.28. The van der Waals surface area contributed by atoms with Crippen molar-refractivity contribution in [2.75, 3.05) is 5.32 Å². The monoisotopic (exact) mass is 318 g/mol. The predicted octanol–water partition coefficient (Wildman–Crippen LogP) is 4.38. The summed E-state index contributed by atoms with van der Waals surface area (Å²) in [6.07, 6.45) is 0.